The number of nitrogens with zero attached hydrogens (tertiary/aromatic N) is 4. The second-order valence-electron chi connectivity index (χ2n) is 7.61. The van der Waals surface area contributed by atoms with Gasteiger partial charge in [-0.3, -0.25) is 4.79 Å². The lowest BCUT2D eigenvalue weighted by Crippen LogP contribution is -2.29. The van der Waals surface area contributed by atoms with Crippen molar-refractivity contribution in [3.8, 4) is 5.88 Å². The Hall–Kier alpha value is -3.01. The first-order valence-corrected chi connectivity index (χ1v) is 10.4. The second-order valence-corrected chi connectivity index (χ2v) is 8.02. The summed E-state index contributed by atoms with van der Waals surface area (Å²) < 4.78 is 47.9. The van der Waals surface area contributed by atoms with E-state index in [0.29, 0.717) is 24.2 Å². The van der Waals surface area contributed by atoms with Crippen LogP contribution in [0.4, 0.5) is 13.2 Å². The molecule has 2 aliphatic rings. The van der Waals surface area contributed by atoms with Gasteiger partial charge in [0.25, 0.3) is 5.91 Å². The van der Waals surface area contributed by atoms with Gasteiger partial charge in [-0.05, 0) is 32.3 Å². The summed E-state index contributed by atoms with van der Waals surface area (Å²) in [6.45, 7) is 1.75. The zero-order chi connectivity index (χ0) is 22.9. The first kappa shape index (κ1) is 22.2. The molecule has 0 unspecified atom stereocenters. The molecule has 0 atom stereocenters. The van der Waals surface area contributed by atoms with Crippen molar-refractivity contribution < 1.29 is 22.7 Å². The first-order valence-electron chi connectivity index (χ1n) is 10.1. The largest absolute Gasteiger partial charge is 0.467 e. The van der Waals surface area contributed by atoms with E-state index in [1.807, 2.05) is 30.0 Å². The Morgan fingerprint density at radius 3 is 2.88 bits per heavy atom. The molecule has 0 saturated heterocycles. The maximum absolute atomic E-state index is 13.2. The summed E-state index contributed by atoms with van der Waals surface area (Å²) in [6.07, 6.45) is 5.39. The molecular formula is C21H21ClF3N5O2. The van der Waals surface area contributed by atoms with Gasteiger partial charge in [-0.1, -0.05) is 23.3 Å². The van der Waals surface area contributed by atoms with E-state index >= 15 is 0 Å². The van der Waals surface area contributed by atoms with Crippen molar-refractivity contribution in [2.24, 2.45) is 0 Å². The third kappa shape index (κ3) is 4.90. The van der Waals surface area contributed by atoms with Gasteiger partial charge < -0.3 is 14.6 Å². The van der Waals surface area contributed by atoms with E-state index < -0.39 is 24.4 Å². The molecule has 32 heavy (non-hydrogen) atoms. The minimum atomic E-state index is -4.66. The number of hydrogen-bond donors (Lipinski definition) is 1. The Kier molecular flexibility index (Phi) is 6.14. The van der Waals surface area contributed by atoms with E-state index in [1.165, 1.54) is 5.57 Å². The fourth-order valence-electron chi connectivity index (χ4n) is 3.49. The van der Waals surface area contributed by atoms with Crippen LogP contribution >= 0.6 is 11.6 Å². The summed E-state index contributed by atoms with van der Waals surface area (Å²) in [4.78, 5) is 16.7. The number of fused-ring (bicyclic) bond motifs is 1. The molecule has 3 heterocycles. The van der Waals surface area contributed by atoms with Gasteiger partial charge in [0.2, 0.25) is 5.88 Å². The topological polar surface area (TPSA) is 74.0 Å². The summed E-state index contributed by atoms with van der Waals surface area (Å²) in [7, 11) is 0. The molecule has 0 aromatic carbocycles. The molecule has 11 heteroatoms. The average molecular weight is 468 g/mol. The SMILES string of the molecule is CC1=Cn2cc(CNC(=O)COc3cc(C(F)(F)F)nn3C3=C(Cl)C=CCC3)nc2CC1. The fraction of sp³-hybridized carbons (Fsp3) is 0.381. The molecule has 7 nitrogen and oxygen atoms in total. The molecule has 1 N–H and O–H groups in total. The highest BCUT2D eigenvalue weighted by atomic mass is 35.5. The highest BCUT2D eigenvalue weighted by molar-refractivity contribution is 6.33. The molecule has 2 aromatic heterocycles. The van der Waals surface area contributed by atoms with Crippen LogP contribution in [0.3, 0.4) is 0 Å². The van der Waals surface area contributed by atoms with Gasteiger partial charge in [0.05, 0.1) is 23.0 Å². The number of imidazole rings is 1. The number of ether oxygens (including phenoxy) is 1. The van der Waals surface area contributed by atoms with Gasteiger partial charge in [-0.15, -0.1) is 0 Å². The van der Waals surface area contributed by atoms with Crippen molar-refractivity contribution in [1.29, 1.82) is 0 Å². The van der Waals surface area contributed by atoms with Crippen molar-refractivity contribution in [2.45, 2.75) is 45.3 Å². The number of aromatic nitrogens is 4. The number of aryl methyl sites for hydroxylation is 1. The quantitative estimate of drug-likeness (QED) is 0.685. The maximum atomic E-state index is 13.2. The van der Waals surface area contributed by atoms with Gasteiger partial charge in [-0.25, -0.2) is 9.67 Å². The molecule has 0 saturated carbocycles. The lowest BCUT2D eigenvalue weighted by Gasteiger charge is -2.15. The summed E-state index contributed by atoms with van der Waals surface area (Å²) in [6, 6.07) is 0.765. The van der Waals surface area contributed by atoms with Crippen LogP contribution in [0, 0.1) is 0 Å². The summed E-state index contributed by atoms with van der Waals surface area (Å²) >= 11 is 6.15. The second kappa shape index (κ2) is 8.85. The van der Waals surface area contributed by atoms with Crippen LogP contribution in [0.5, 0.6) is 5.88 Å². The number of carbonyl (C=O) groups is 1. The van der Waals surface area contributed by atoms with Crippen LogP contribution in [0.15, 0.2) is 35.0 Å². The minimum absolute atomic E-state index is 0.184. The summed E-state index contributed by atoms with van der Waals surface area (Å²) in [5.41, 5.74) is 1.20. The Morgan fingerprint density at radius 1 is 1.31 bits per heavy atom. The van der Waals surface area contributed by atoms with Crippen LogP contribution in [0.2, 0.25) is 0 Å². The van der Waals surface area contributed by atoms with Crippen molar-refractivity contribution in [3.63, 3.8) is 0 Å². The number of halogens is 4. The number of allylic oxidation sites excluding steroid dienone is 5. The molecule has 1 aliphatic heterocycles. The third-order valence-corrected chi connectivity index (χ3v) is 5.43. The predicted octanol–water partition coefficient (Wildman–Crippen LogP) is 4.36. The van der Waals surface area contributed by atoms with Crippen molar-refractivity contribution in [2.75, 3.05) is 6.61 Å². The van der Waals surface area contributed by atoms with Crippen molar-refractivity contribution in [1.82, 2.24) is 24.6 Å². The number of alkyl halides is 3. The summed E-state index contributed by atoms with van der Waals surface area (Å²) in [5.74, 6) is 0.230. The van der Waals surface area contributed by atoms with Crippen molar-refractivity contribution in [3.05, 3.63) is 52.2 Å². The maximum Gasteiger partial charge on any atom is 0.435 e. The van der Waals surface area contributed by atoms with E-state index in [9.17, 15) is 18.0 Å². The molecule has 170 valence electrons. The standard InChI is InChI=1S/C21H21ClF3N5O2/c1-13-6-7-18-27-14(11-29(18)10-13)9-26-19(31)12-32-20-8-17(21(23,24)25)28-30(20)16-5-3-2-4-15(16)22/h2,4,8,10-11H,3,5-7,9,12H2,1H3,(H,26,31). The van der Waals surface area contributed by atoms with E-state index in [4.69, 9.17) is 16.3 Å². The molecule has 0 bridgehead atoms. The third-order valence-electron chi connectivity index (χ3n) is 5.09. The zero-order valence-corrected chi connectivity index (χ0v) is 18.0. The lowest BCUT2D eigenvalue weighted by molar-refractivity contribution is -0.141. The van der Waals surface area contributed by atoms with Crippen LogP contribution in [-0.4, -0.2) is 31.8 Å². The van der Waals surface area contributed by atoms with E-state index in [-0.39, 0.29) is 17.5 Å². The van der Waals surface area contributed by atoms with Crippen molar-refractivity contribution >= 4 is 29.4 Å². The van der Waals surface area contributed by atoms with Gasteiger partial charge in [0.1, 0.15) is 5.82 Å². The Morgan fingerprint density at radius 2 is 2.12 bits per heavy atom. The smallest absolute Gasteiger partial charge is 0.435 e. The monoisotopic (exact) mass is 467 g/mol. The molecule has 1 amide bonds. The predicted molar refractivity (Wildman–Crippen MR) is 113 cm³/mol. The summed E-state index contributed by atoms with van der Waals surface area (Å²) in [5, 5.41) is 6.56. The molecule has 0 fully saturated rings. The van der Waals surface area contributed by atoms with E-state index in [2.05, 4.69) is 15.4 Å². The first-order chi connectivity index (χ1) is 15.2. The number of nitrogens with one attached hydrogen (secondary N) is 1. The molecule has 0 radical (unpaired) electrons. The highest BCUT2D eigenvalue weighted by Crippen LogP contribution is 2.35. The Balaban J connectivity index is 1.42. The van der Waals surface area contributed by atoms with Gasteiger partial charge in [0.15, 0.2) is 12.3 Å². The zero-order valence-electron chi connectivity index (χ0n) is 17.2. The van der Waals surface area contributed by atoms with Crippen LogP contribution in [-0.2, 0) is 23.9 Å². The molecular weight excluding hydrogens is 447 g/mol. The molecule has 1 aliphatic carbocycles. The number of amides is 1. The molecule has 0 spiro atoms. The van der Waals surface area contributed by atoms with Gasteiger partial charge in [-0.2, -0.15) is 18.3 Å². The number of carbonyl (C=O) groups excluding carboxylic acids is 1. The lowest BCUT2D eigenvalue weighted by atomic mass is 10.1. The van der Waals surface area contributed by atoms with Crippen LogP contribution in [0.1, 0.15) is 43.4 Å². The van der Waals surface area contributed by atoms with Gasteiger partial charge >= 0.3 is 6.18 Å². The normalized spacial score (nSPS) is 16.1. The van der Waals surface area contributed by atoms with Crippen LogP contribution < -0.4 is 10.1 Å². The fourth-order valence-corrected chi connectivity index (χ4v) is 3.75. The molecule has 2 aromatic rings. The number of hydrogen-bond acceptors (Lipinski definition) is 4. The van der Waals surface area contributed by atoms with E-state index in [1.54, 1.807) is 6.08 Å². The Labute approximate surface area is 187 Å². The van der Waals surface area contributed by atoms with Crippen LogP contribution in [0.25, 0.3) is 11.9 Å². The molecule has 4 rings (SSSR count). The minimum Gasteiger partial charge on any atom is -0.467 e. The Bertz CT molecular complexity index is 1130. The van der Waals surface area contributed by atoms with Gasteiger partial charge in [0, 0.05) is 24.9 Å². The van der Waals surface area contributed by atoms with E-state index in [0.717, 1.165) is 29.4 Å². The average Bonchev–Trinajstić information content (AvgIpc) is 3.34. The number of rotatable bonds is 6. The highest BCUT2D eigenvalue weighted by Gasteiger charge is 2.36.